The molecule has 1 rings (SSSR count). The van der Waals surface area contributed by atoms with Gasteiger partial charge in [0.2, 0.25) is 0 Å². The van der Waals surface area contributed by atoms with Gasteiger partial charge in [0, 0.05) is 19.1 Å². The van der Waals surface area contributed by atoms with Crippen molar-refractivity contribution >= 4 is 5.97 Å². The summed E-state index contributed by atoms with van der Waals surface area (Å²) in [5, 5.41) is 3.12. The molecule has 19 heavy (non-hydrogen) atoms. The smallest absolute Gasteiger partial charge is 0.325 e. The topological polar surface area (TPSA) is 41.6 Å². The van der Waals surface area contributed by atoms with Gasteiger partial charge in [0.1, 0.15) is 5.54 Å². The Hall–Kier alpha value is -0.610. The number of piperidine rings is 1. The van der Waals surface area contributed by atoms with Crippen LogP contribution in [0.5, 0.6) is 0 Å². The van der Waals surface area contributed by atoms with Crippen LogP contribution in [0, 0.1) is 11.8 Å². The highest BCUT2D eigenvalue weighted by atomic mass is 16.5. The molecule has 0 aromatic heterocycles. The molecule has 0 amide bonds. The number of hydrogen-bond acceptors (Lipinski definition) is 4. The first-order chi connectivity index (χ1) is 8.82. The number of carbonyl (C=O) groups excluding carboxylic acids is 1. The highest BCUT2D eigenvalue weighted by Gasteiger charge is 2.36. The molecule has 112 valence electrons. The molecule has 0 aromatic rings. The van der Waals surface area contributed by atoms with Crippen LogP contribution in [0.3, 0.4) is 0 Å². The molecule has 0 spiro atoms. The number of rotatable bonds is 5. The fourth-order valence-electron chi connectivity index (χ4n) is 3.30. The van der Waals surface area contributed by atoms with Crippen molar-refractivity contribution in [1.82, 2.24) is 10.2 Å². The van der Waals surface area contributed by atoms with E-state index in [9.17, 15) is 4.79 Å². The van der Waals surface area contributed by atoms with E-state index in [1.165, 1.54) is 13.5 Å². The first-order valence-corrected chi connectivity index (χ1v) is 7.33. The van der Waals surface area contributed by atoms with Crippen molar-refractivity contribution < 1.29 is 9.53 Å². The van der Waals surface area contributed by atoms with Gasteiger partial charge in [0.25, 0.3) is 0 Å². The monoisotopic (exact) mass is 270 g/mol. The van der Waals surface area contributed by atoms with E-state index in [0.717, 1.165) is 31.3 Å². The van der Waals surface area contributed by atoms with Crippen molar-refractivity contribution in [3.05, 3.63) is 0 Å². The van der Waals surface area contributed by atoms with Crippen molar-refractivity contribution in [3.63, 3.8) is 0 Å². The second-order valence-corrected chi connectivity index (χ2v) is 6.53. The molecular weight excluding hydrogens is 240 g/mol. The lowest BCUT2D eigenvalue weighted by atomic mass is 9.88. The number of esters is 1. The third-order valence-electron chi connectivity index (χ3n) is 4.41. The molecule has 4 nitrogen and oxygen atoms in total. The van der Waals surface area contributed by atoms with E-state index in [-0.39, 0.29) is 5.97 Å². The van der Waals surface area contributed by atoms with E-state index in [4.69, 9.17) is 4.74 Å². The molecule has 1 heterocycles. The molecule has 1 aliphatic heterocycles. The minimum atomic E-state index is -0.599. The standard InChI is InChI=1S/C15H30N2O2/c1-11-7-12(2)10-17(9-11)13(3)8-15(4,16-5)14(18)19-6/h11-13,16H,7-10H2,1-6H3. The van der Waals surface area contributed by atoms with Crippen LogP contribution in [0.25, 0.3) is 0 Å². The molecule has 1 fully saturated rings. The van der Waals surface area contributed by atoms with Crippen molar-refractivity contribution in [1.29, 1.82) is 0 Å². The number of nitrogens with one attached hydrogen (secondary N) is 1. The molecule has 4 heteroatoms. The Morgan fingerprint density at radius 3 is 2.37 bits per heavy atom. The first kappa shape index (κ1) is 16.4. The van der Waals surface area contributed by atoms with Crippen LogP contribution in [0.2, 0.25) is 0 Å². The van der Waals surface area contributed by atoms with Gasteiger partial charge in [-0.1, -0.05) is 13.8 Å². The molecule has 4 unspecified atom stereocenters. The van der Waals surface area contributed by atoms with E-state index in [1.54, 1.807) is 0 Å². The van der Waals surface area contributed by atoms with Gasteiger partial charge in [0.15, 0.2) is 0 Å². The molecule has 1 aliphatic rings. The molecule has 0 radical (unpaired) electrons. The average Bonchev–Trinajstić information content (AvgIpc) is 2.36. The van der Waals surface area contributed by atoms with E-state index in [0.29, 0.717) is 6.04 Å². The quantitative estimate of drug-likeness (QED) is 0.775. The van der Waals surface area contributed by atoms with E-state index in [1.807, 2.05) is 14.0 Å². The maximum absolute atomic E-state index is 11.9. The Labute approximate surface area is 117 Å². The Kier molecular flexibility index (Phi) is 5.81. The van der Waals surface area contributed by atoms with Crippen LogP contribution in [-0.4, -0.2) is 49.7 Å². The number of hydrogen-bond donors (Lipinski definition) is 1. The summed E-state index contributed by atoms with van der Waals surface area (Å²) >= 11 is 0. The summed E-state index contributed by atoms with van der Waals surface area (Å²) in [4.78, 5) is 14.4. The molecule has 0 bridgehead atoms. The van der Waals surface area contributed by atoms with Crippen molar-refractivity contribution in [3.8, 4) is 0 Å². The number of nitrogens with zero attached hydrogens (tertiary/aromatic N) is 1. The van der Waals surface area contributed by atoms with Gasteiger partial charge in [-0.15, -0.1) is 0 Å². The fourth-order valence-corrected chi connectivity index (χ4v) is 3.30. The van der Waals surface area contributed by atoms with Crippen LogP contribution < -0.4 is 5.32 Å². The summed E-state index contributed by atoms with van der Waals surface area (Å²) in [5.41, 5.74) is -0.599. The molecule has 0 aliphatic carbocycles. The van der Waals surface area contributed by atoms with E-state index >= 15 is 0 Å². The Balaban J connectivity index is 2.66. The summed E-state index contributed by atoms with van der Waals surface area (Å²) in [7, 11) is 3.28. The molecule has 4 atom stereocenters. The number of likely N-dealkylation sites (tertiary alicyclic amines) is 1. The van der Waals surface area contributed by atoms with Gasteiger partial charge in [0.05, 0.1) is 7.11 Å². The van der Waals surface area contributed by atoms with Gasteiger partial charge in [-0.3, -0.25) is 4.79 Å². The molecular formula is C15H30N2O2. The number of carbonyl (C=O) groups is 1. The minimum Gasteiger partial charge on any atom is -0.468 e. The Morgan fingerprint density at radius 1 is 1.42 bits per heavy atom. The lowest BCUT2D eigenvalue weighted by Gasteiger charge is -2.41. The zero-order chi connectivity index (χ0) is 14.6. The minimum absolute atomic E-state index is 0.181. The largest absolute Gasteiger partial charge is 0.468 e. The van der Waals surface area contributed by atoms with Gasteiger partial charge in [-0.25, -0.2) is 0 Å². The SMILES string of the molecule is CNC(C)(CC(C)N1CC(C)CC(C)C1)C(=O)OC. The van der Waals surface area contributed by atoms with Crippen molar-refractivity contribution in [2.75, 3.05) is 27.2 Å². The number of likely N-dealkylation sites (N-methyl/N-ethyl adjacent to an activating group) is 1. The summed E-state index contributed by atoms with van der Waals surface area (Å²) in [6.45, 7) is 11.0. The van der Waals surface area contributed by atoms with Crippen LogP contribution >= 0.6 is 0 Å². The maximum atomic E-state index is 11.9. The third kappa shape index (κ3) is 4.18. The predicted octanol–water partition coefficient (Wildman–Crippen LogP) is 1.89. The van der Waals surface area contributed by atoms with E-state index < -0.39 is 5.54 Å². The Bertz CT molecular complexity index is 299. The first-order valence-electron chi connectivity index (χ1n) is 7.33. The van der Waals surface area contributed by atoms with Gasteiger partial charge < -0.3 is 15.0 Å². The van der Waals surface area contributed by atoms with Gasteiger partial charge >= 0.3 is 5.97 Å². The van der Waals surface area contributed by atoms with Crippen LogP contribution in [0.15, 0.2) is 0 Å². The van der Waals surface area contributed by atoms with Crippen molar-refractivity contribution in [2.24, 2.45) is 11.8 Å². The van der Waals surface area contributed by atoms with Gasteiger partial charge in [-0.05, 0) is 45.6 Å². The van der Waals surface area contributed by atoms with Crippen molar-refractivity contribution in [2.45, 2.75) is 52.1 Å². The lowest BCUT2D eigenvalue weighted by molar-refractivity contribution is -0.148. The highest BCUT2D eigenvalue weighted by Crippen LogP contribution is 2.26. The third-order valence-corrected chi connectivity index (χ3v) is 4.41. The highest BCUT2D eigenvalue weighted by molar-refractivity contribution is 5.80. The zero-order valence-electron chi connectivity index (χ0n) is 13.3. The van der Waals surface area contributed by atoms with Crippen LogP contribution in [0.4, 0.5) is 0 Å². The van der Waals surface area contributed by atoms with Gasteiger partial charge in [-0.2, -0.15) is 0 Å². The lowest BCUT2D eigenvalue weighted by Crippen LogP contribution is -2.54. The molecule has 1 N–H and O–H groups in total. The second-order valence-electron chi connectivity index (χ2n) is 6.53. The zero-order valence-corrected chi connectivity index (χ0v) is 13.3. The van der Waals surface area contributed by atoms with Crippen LogP contribution in [0.1, 0.15) is 40.5 Å². The number of methoxy groups -OCH3 is 1. The summed E-state index contributed by atoms with van der Waals surface area (Å²) in [5.74, 6) is 1.30. The van der Waals surface area contributed by atoms with E-state index in [2.05, 4.69) is 31.0 Å². The summed E-state index contributed by atoms with van der Waals surface area (Å²) in [6.07, 6.45) is 2.08. The normalized spacial score (nSPS) is 29.6. The number of ether oxygens (including phenoxy) is 1. The summed E-state index contributed by atoms with van der Waals surface area (Å²) in [6, 6.07) is 0.377. The fraction of sp³-hybridized carbons (Fsp3) is 0.933. The van der Waals surface area contributed by atoms with Crippen LogP contribution in [-0.2, 0) is 9.53 Å². The summed E-state index contributed by atoms with van der Waals surface area (Å²) < 4.78 is 4.92. The molecule has 0 aromatic carbocycles. The second kappa shape index (κ2) is 6.71. The average molecular weight is 270 g/mol. The maximum Gasteiger partial charge on any atom is 0.325 e. The molecule has 1 saturated heterocycles. The Morgan fingerprint density at radius 2 is 1.95 bits per heavy atom. The predicted molar refractivity (Wildman–Crippen MR) is 78.1 cm³/mol. The molecule has 0 saturated carbocycles.